The Morgan fingerprint density at radius 1 is 1.27 bits per heavy atom. The molecule has 1 rings (SSSR count). The molecule has 0 radical (unpaired) electrons. The molecular weight excluding hydrogens is 134 g/mol. The largest absolute Gasteiger partial charge is 0.264 e. The van der Waals surface area contributed by atoms with Gasteiger partial charge in [0.2, 0.25) is 0 Å². The fraction of sp³-hybridized carbons (Fsp3) is 0.100. The van der Waals surface area contributed by atoms with Crippen molar-refractivity contribution in [2.75, 3.05) is 0 Å². The van der Waals surface area contributed by atoms with Gasteiger partial charge in [0, 0.05) is 12.4 Å². The van der Waals surface area contributed by atoms with Crippen LogP contribution in [-0.4, -0.2) is 6.21 Å². The molecule has 1 heteroatoms. The normalized spacial score (nSPS) is 23.1. The summed E-state index contributed by atoms with van der Waals surface area (Å²) in [4.78, 5) is 4.02. The lowest BCUT2D eigenvalue weighted by atomic mass is 10.2. The number of aliphatic imine (C=N–C) groups is 1. The van der Waals surface area contributed by atoms with Crippen LogP contribution in [0.15, 0.2) is 53.7 Å². The smallest absolute Gasteiger partial charge is 0.0334 e. The van der Waals surface area contributed by atoms with Gasteiger partial charge in [-0.05, 0) is 12.0 Å². The fourth-order valence-electron chi connectivity index (χ4n) is 0.718. The first-order valence-corrected chi connectivity index (χ1v) is 3.60. The van der Waals surface area contributed by atoms with Gasteiger partial charge in [-0.1, -0.05) is 37.0 Å². The van der Waals surface area contributed by atoms with E-state index >= 15 is 0 Å². The van der Waals surface area contributed by atoms with E-state index in [-0.39, 0.29) is 0 Å². The van der Waals surface area contributed by atoms with Gasteiger partial charge >= 0.3 is 0 Å². The Kier molecular flexibility index (Phi) is 3.13. The van der Waals surface area contributed by atoms with E-state index in [0.29, 0.717) is 0 Å². The van der Waals surface area contributed by atoms with Crippen LogP contribution in [0, 0.1) is 0 Å². The van der Waals surface area contributed by atoms with E-state index in [1.54, 1.807) is 12.4 Å². The molecule has 0 aromatic carbocycles. The molecule has 1 aliphatic rings. The molecule has 0 amide bonds. The topological polar surface area (TPSA) is 12.4 Å². The molecule has 0 atom stereocenters. The Hall–Kier alpha value is -1.37. The van der Waals surface area contributed by atoms with Crippen LogP contribution in [-0.2, 0) is 0 Å². The standard InChI is InChI=1S/C10H11N/c1-10-7-5-3-2-4-6-8-11-9-10/h2-3,5-9H,1,4H2/b3-2-,7-5?,8-6-,11-9?. The zero-order valence-corrected chi connectivity index (χ0v) is 6.40. The summed E-state index contributed by atoms with van der Waals surface area (Å²) in [6.45, 7) is 3.78. The zero-order valence-electron chi connectivity index (χ0n) is 6.40. The maximum atomic E-state index is 4.02. The highest BCUT2D eigenvalue weighted by Crippen LogP contribution is 1.94. The summed E-state index contributed by atoms with van der Waals surface area (Å²) in [6.07, 6.45) is 14.4. The lowest BCUT2D eigenvalue weighted by molar-refractivity contribution is 1.36. The molecule has 0 aliphatic carbocycles. The van der Waals surface area contributed by atoms with E-state index in [4.69, 9.17) is 0 Å². The summed E-state index contributed by atoms with van der Waals surface area (Å²) >= 11 is 0. The highest BCUT2D eigenvalue weighted by molar-refractivity contribution is 5.81. The van der Waals surface area contributed by atoms with Gasteiger partial charge < -0.3 is 0 Å². The second kappa shape index (κ2) is 4.45. The van der Waals surface area contributed by atoms with Crippen LogP contribution in [0.25, 0.3) is 0 Å². The van der Waals surface area contributed by atoms with Crippen molar-refractivity contribution in [1.82, 2.24) is 0 Å². The molecule has 11 heavy (non-hydrogen) atoms. The van der Waals surface area contributed by atoms with Crippen molar-refractivity contribution in [3.05, 3.63) is 48.7 Å². The van der Waals surface area contributed by atoms with Crippen molar-refractivity contribution >= 4 is 6.21 Å². The minimum absolute atomic E-state index is 0.918. The van der Waals surface area contributed by atoms with Gasteiger partial charge in [-0.2, -0.15) is 0 Å². The predicted molar refractivity (Wildman–Crippen MR) is 49.7 cm³/mol. The van der Waals surface area contributed by atoms with Crippen molar-refractivity contribution in [2.24, 2.45) is 4.99 Å². The van der Waals surface area contributed by atoms with Gasteiger partial charge in [-0.3, -0.25) is 4.99 Å². The highest BCUT2D eigenvalue weighted by Gasteiger charge is 1.79. The molecule has 0 aromatic rings. The summed E-state index contributed by atoms with van der Waals surface area (Å²) in [6, 6.07) is 0. The van der Waals surface area contributed by atoms with Crippen molar-refractivity contribution in [3.8, 4) is 0 Å². The van der Waals surface area contributed by atoms with Crippen LogP contribution in [0.5, 0.6) is 0 Å². The van der Waals surface area contributed by atoms with E-state index < -0.39 is 0 Å². The summed E-state index contributed by atoms with van der Waals surface area (Å²) in [5.74, 6) is 0. The summed E-state index contributed by atoms with van der Waals surface area (Å²) in [5.41, 5.74) is 0.918. The van der Waals surface area contributed by atoms with Crippen molar-refractivity contribution in [3.63, 3.8) is 0 Å². The van der Waals surface area contributed by atoms with Crippen molar-refractivity contribution < 1.29 is 0 Å². The third-order valence-corrected chi connectivity index (χ3v) is 1.26. The van der Waals surface area contributed by atoms with Gasteiger partial charge in [0.1, 0.15) is 0 Å². The van der Waals surface area contributed by atoms with E-state index in [9.17, 15) is 0 Å². The Bertz CT molecular complexity index is 218. The number of rotatable bonds is 0. The SMILES string of the molecule is C=C1C=C/C=C\C/C=C\N=C1. The Balaban J connectivity index is 2.69. The molecule has 0 bridgehead atoms. The van der Waals surface area contributed by atoms with Gasteiger partial charge in [0.25, 0.3) is 0 Å². The zero-order chi connectivity index (χ0) is 7.94. The monoisotopic (exact) mass is 145 g/mol. The van der Waals surface area contributed by atoms with Gasteiger partial charge in [-0.15, -0.1) is 0 Å². The maximum Gasteiger partial charge on any atom is 0.0334 e. The Morgan fingerprint density at radius 2 is 2.18 bits per heavy atom. The molecule has 0 aromatic heterocycles. The third-order valence-electron chi connectivity index (χ3n) is 1.26. The van der Waals surface area contributed by atoms with Crippen molar-refractivity contribution in [2.45, 2.75) is 6.42 Å². The lowest BCUT2D eigenvalue weighted by Crippen LogP contribution is -1.75. The van der Waals surface area contributed by atoms with Crippen LogP contribution in [0.3, 0.4) is 0 Å². The van der Waals surface area contributed by atoms with Crippen LogP contribution in [0.4, 0.5) is 0 Å². The predicted octanol–water partition coefficient (Wildman–Crippen LogP) is 2.64. The summed E-state index contributed by atoms with van der Waals surface area (Å²) < 4.78 is 0. The average molecular weight is 145 g/mol. The molecule has 56 valence electrons. The van der Waals surface area contributed by atoms with E-state index in [0.717, 1.165) is 12.0 Å². The Morgan fingerprint density at radius 3 is 3.09 bits per heavy atom. The number of hydrogen-bond acceptors (Lipinski definition) is 1. The quantitative estimate of drug-likeness (QED) is 0.497. The molecule has 1 nitrogen and oxygen atoms in total. The highest BCUT2D eigenvalue weighted by atomic mass is 14.7. The molecule has 0 saturated heterocycles. The van der Waals surface area contributed by atoms with E-state index in [1.807, 2.05) is 24.3 Å². The number of nitrogens with zero attached hydrogens (tertiary/aromatic N) is 1. The van der Waals surface area contributed by atoms with Crippen LogP contribution < -0.4 is 0 Å². The number of hydrogen-bond donors (Lipinski definition) is 0. The van der Waals surface area contributed by atoms with Crippen LogP contribution in [0.2, 0.25) is 0 Å². The number of allylic oxidation sites excluding steroid dienone is 6. The minimum atomic E-state index is 0.918. The first-order chi connectivity index (χ1) is 5.39. The lowest BCUT2D eigenvalue weighted by Gasteiger charge is -1.87. The van der Waals surface area contributed by atoms with Gasteiger partial charge in [0.15, 0.2) is 0 Å². The second-order valence-corrected chi connectivity index (χ2v) is 2.26. The van der Waals surface area contributed by atoms with Crippen molar-refractivity contribution in [1.29, 1.82) is 0 Å². The molecule has 0 unspecified atom stereocenters. The molecular formula is C10H11N. The summed E-state index contributed by atoms with van der Waals surface area (Å²) in [7, 11) is 0. The molecule has 1 aliphatic heterocycles. The average Bonchev–Trinajstić information content (AvgIpc) is 2.03. The fourth-order valence-corrected chi connectivity index (χ4v) is 0.718. The minimum Gasteiger partial charge on any atom is -0.264 e. The molecule has 0 N–H and O–H groups in total. The summed E-state index contributed by atoms with van der Waals surface area (Å²) in [5, 5.41) is 0. The van der Waals surface area contributed by atoms with E-state index in [1.165, 1.54) is 0 Å². The first-order valence-electron chi connectivity index (χ1n) is 3.60. The molecule has 1 heterocycles. The van der Waals surface area contributed by atoms with Crippen LogP contribution >= 0.6 is 0 Å². The molecule has 0 saturated carbocycles. The maximum absolute atomic E-state index is 4.02. The molecule has 0 fully saturated rings. The third kappa shape index (κ3) is 3.36. The second-order valence-electron chi connectivity index (χ2n) is 2.26. The molecule has 0 spiro atoms. The van der Waals surface area contributed by atoms with Gasteiger partial charge in [-0.25, -0.2) is 0 Å². The van der Waals surface area contributed by atoms with E-state index in [2.05, 4.69) is 17.6 Å². The van der Waals surface area contributed by atoms with Gasteiger partial charge in [0.05, 0.1) is 0 Å². The van der Waals surface area contributed by atoms with Crippen LogP contribution in [0.1, 0.15) is 6.42 Å². The first kappa shape index (κ1) is 7.73. The Labute approximate surface area is 67.2 Å².